The minimum absolute atomic E-state index is 0.107. The molecule has 0 aromatic rings. The summed E-state index contributed by atoms with van der Waals surface area (Å²) in [6.07, 6.45) is -0.748. The van der Waals surface area contributed by atoms with Crippen LogP contribution in [0, 0.1) is 0 Å². The fourth-order valence-corrected chi connectivity index (χ4v) is 3.66. The minimum Gasteiger partial charge on any atom is -0.480 e. The van der Waals surface area contributed by atoms with Gasteiger partial charge >= 0.3 is 11.9 Å². The summed E-state index contributed by atoms with van der Waals surface area (Å²) in [4.78, 5) is 45.0. The molecule has 9 nitrogen and oxygen atoms in total. The Morgan fingerprint density at radius 2 is 1.38 bits per heavy atom. The number of ether oxygens (including phenoxy) is 2. The third-order valence-corrected chi connectivity index (χ3v) is 4.93. The molecule has 3 atom stereocenters. The maximum atomic E-state index is 11.9. The van der Waals surface area contributed by atoms with Gasteiger partial charge in [0.1, 0.15) is 12.1 Å². The van der Waals surface area contributed by atoms with Crippen LogP contribution in [-0.4, -0.2) is 65.8 Å². The first-order valence-electron chi connectivity index (χ1n) is 7.92. The van der Waals surface area contributed by atoms with Gasteiger partial charge in [-0.05, 0) is 6.92 Å². The molecule has 0 aromatic heterocycles. The van der Waals surface area contributed by atoms with Crippen LogP contribution in [0.15, 0.2) is 0 Å². The number of nitrogens with one attached hydrogen (secondary N) is 2. The molecule has 26 heavy (non-hydrogen) atoms. The molecular weight excluding hydrogens is 384 g/mol. The zero-order valence-corrected chi connectivity index (χ0v) is 17.5. The fraction of sp³-hybridized carbons (Fsp3) is 0.733. The second-order valence-electron chi connectivity index (χ2n) is 4.65. The molecule has 0 saturated heterocycles. The Morgan fingerprint density at radius 1 is 0.962 bits per heavy atom. The van der Waals surface area contributed by atoms with E-state index in [1.165, 1.54) is 38.7 Å². The average Bonchev–Trinajstić information content (AvgIpc) is 2.57. The van der Waals surface area contributed by atoms with Crippen LogP contribution in [0.1, 0.15) is 34.6 Å². The van der Waals surface area contributed by atoms with Gasteiger partial charge in [0, 0.05) is 32.5 Å². The maximum absolute atomic E-state index is 11.9. The van der Waals surface area contributed by atoms with Crippen molar-refractivity contribution in [1.82, 2.24) is 10.6 Å². The quantitative estimate of drug-likeness (QED) is 0.197. The third kappa shape index (κ3) is 13.8. The summed E-state index contributed by atoms with van der Waals surface area (Å²) in [6, 6.07) is -1.92. The molecule has 0 rings (SSSR count). The van der Waals surface area contributed by atoms with Crippen LogP contribution in [-0.2, 0) is 28.7 Å². The molecule has 0 bridgehead atoms. The van der Waals surface area contributed by atoms with Gasteiger partial charge in [-0.2, -0.15) is 0 Å². The van der Waals surface area contributed by atoms with Gasteiger partial charge in [-0.15, -0.1) is 0 Å². The second-order valence-corrected chi connectivity index (χ2v) is 7.21. The van der Waals surface area contributed by atoms with E-state index in [0.29, 0.717) is 0 Å². The molecule has 0 fully saturated rings. The summed E-state index contributed by atoms with van der Waals surface area (Å²) in [5.41, 5.74) is 0. The van der Waals surface area contributed by atoms with Crippen molar-refractivity contribution in [2.45, 2.75) is 53.0 Å². The maximum Gasteiger partial charge on any atom is 0.331 e. The predicted octanol–water partition coefficient (Wildman–Crippen LogP) is 1.02. The Balaban J connectivity index is 0. The number of methoxy groups -OCH3 is 1. The predicted molar refractivity (Wildman–Crippen MR) is 102 cm³/mol. The molecule has 3 N–H and O–H groups in total. The Labute approximate surface area is 161 Å². The number of carbonyl (C=O) groups is 4. The van der Waals surface area contributed by atoms with Crippen LogP contribution in [0.5, 0.6) is 0 Å². The Kier molecular flexibility index (Phi) is 16.2. The summed E-state index contributed by atoms with van der Waals surface area (Å²) < 4.78 is 9.81. The van der Waals surface area contributed by atoms with Crippen molar-refractivity contribution in [2.24, 2.45) is 0 Å². The highest BCUT2D eigenvalue weighted by Crippen LogP contribution is 2.23. The second kappa shape index (κ2) is 15.8. The minimum atomic E-state index is -1.15. The average molecular weight is 413 g/mol. The molecule has 0 aliphatic rings. The lowest BCUT2D eigenvalue weighted by Crippen LogP contribution is -2.44. The molecule has 0 radical (unpaired) electrons. The van der Waals surface area contributed by atoms with Crippen molar-refractivity contribution in [3.63, 3.8) is 0 Å². The van der Waals surface area contributed by atoms with Crippen LogP contribution < -0.4 is 10.6 Å². The zero-order chi connectivity index (χ0) is 20.7. The summed E-state index contributed by atoms with van der Waals surface area (Å²) >= 11 is 0. The van der Waals surface area contributed by atoms with Gasteiger partial charge in [0.2, 0.25) is 11.8 Å². The summed E-state index contributed by atoms with van der Waals surface area (Å²) in [6.45, 7) is 8.04. The summed E-state index contributed by atoms with van der Waals surface area (Å²) in [5, 5.41) is 13.8. The van der Waals surface area contributed by atoms with Gasteiger partial charge in [0.15, 0.2) is 6.29 Å². The van der Waals surface area contributed by atoms with Crippen molar-refractivity contribution in [3.8, 4) is 0 Å². The summed E-state index contributed by atoms with van der Waals surface area (Å²) in [7, 11) is 3.72. The van der Waals surface area contributed by atoms with E-state index in [4.69, 9.17) is 14.6 Å². The Bertz CT molecular complexity index is 463. The van der Waals surface area contributed by atoms with Crippen molar-refractivity contribution in [1.29, 1.82) is 0 Å². The van der Waals surface area contributed by atoms with E-state index >= 15 is 0 Å². The van der Waals surface area contributed by atoms with Crippen molar-refractivity contribution < 1.29 is 33.8 Å². The monoisotopic (exact) mass is 412 g/mol. The van der Waals surface area contributed by atoms with Gasteiger partial charge in [-0.3, -0.25) is 9.59 Å². The van der Waals surface area contributed by atoms with Crippen LogP contribution >= 0.6 is 21.6 Å². The van der Waals surface area contributed by atoms with E-state index in [1.807, 2.05) is 13.8 Å². The van der Waals surface area contributed by atoms with E-state index in [1.54, 1.807) is 0 Å². The largest absolute Gasteiger partial charge is 0.480 e. The fourth-order valence-electron chi connectivity index (χ4n) is 1.36. The molecule has 0 spiro atoms. The summed E-state index contributed by atoms with van der Waals surface area (Å²) in [5.74, 6) is -2.35. The van der Waals surface area contributed by atoms with E-state index in [2.05, 4.69) is 10.6 Å². The van der Waals surface area contributed by atoms with Crippen LogP contribution in [0.3, 0.4) is 0 Å². The highest BCUT2D eigenvalue weighted by atomic mass is 33.1. The molecule has 152 valence electrons. The topological polar surface area (TPSA) is 131 Å². The molecule has 0 aliphatic heterocycles. The molecule has 3 unspecified atom stereocenters. The molecule has 0 aliphatic carbocycles. The number of carboxylic acid groups (broad SMARTS) is 1. The standard InChI is InChI=1S/C13H22N2O7S2.C2H6/c1-7(16)14-10(12(18)19)5-23-24-6-11(15-8(2)17)13(20)22-9(3)21-4;1-2/h9-11H,5-6H2,1-4H3,(H,14,16)(H,15,17)(H,18,19);1-2H3. The Hall–Kier alpha value is -1.46. The number of hydrogen-bond donors (Lipinski definition) is 3. The third-order valence-electron chi connectivity index (χ3n) is 2.50. The molecule has 0 heterocycles. The molecule has 0 saturated carbocycles. The van der Waals surface area contributed by atoms with Gasteiger partial charge in [-0.1, -0.05) is 35.4 Å². The highest BCUT2D eigenvalue weighted by Gasteiger charge is 2.24. The van der Waals surface area contributed by atoms with Gasteiger partial charge in [-0.25, -0.2) is 9.59 Å². The first-order valence-corrected chi connectivity index (χ1v) is 10.4. The van der Waals surface area contributed by atoms with Crippen LogP contribution in [0.2, 0.25) is 0 Å². The first kappa shape index (κ1) is 26.8. The van der Waals surface area contributed by atoms with Crippen molar-refractivity contribution >= 4 is 45.3 Å². The Morgan fingerprint density at radius 3 is 1.77 bits per heavy atom. The van der Waals surface area contributed by atoms with Crippen molar-refractivity contribution in [3.05, 3.63) is 0 Å². The van der Waals surface area contributed by atoms with Gasteiger partial charge in [0.25, 0.3) is 0 Å². The van der Waals surface area contributed by atoms with Crippen molar-refractivity contribution in [2.75, 3.05) is 18.6 Å². The van der Waals surface area contributed by atoms with Crippen LogP contribution in [0.25, 0.3) is 0 Å². The van der Waals surface area contributed by atoms with E-state index in [9.17, 15) is 19.2 Å². The van der Waals surface area contributed by atoms with Crippen LogP contribution in [0.4, 0.5) is 0 Å². The van der Waals surface area contributed by atoms with Gasteiger partial charge in [0.05, 0.1) is 0 Å². The number of carbonyl (C=O) groups excluding carboxylic acids is 3. The molecule has 11 heteroatoms. The number of amides is 2. The van der Waals surface area contributed by atoms with Gasteiger partial charge < -0.3 is 25.2 Å². The number of aliphatic carboxylic acids is 1. The highest BCUT2D eigenvalue weighted by molar-refractivity contribution is 8.76. The molecule has 0 aromatic carbocycles. The number of esters is 1. The zero-order valence-electron chi connectivity index (χ0n) is 15.9. The number of carboxylic acids is 1. The normalized spacial score (nSPS) is 13.3. The SMILES string of the molecule is CC.COC(C)OC(=O)C(CSSCC(NC(C)=O)C(=O)O)NC(C)=O. The lowest BCUT2D eigenvalue weighted by atomic mass is 10.3. The molecule has 2 amide bonds. The first-order chi connectivity index (χ1) is 12.2. The number of rotatable bonds is 11. The lowest BCUT2D eigenvalue weighted by molar-refractivity contribution is -0.172. The van der Waals surface area contributed by atoms with E-state index < -0.39 is 42.1 Å². The number of hydrogen-bond acceptors (Lipinski definition) is 8. The lowest BCUT2D eigenvalue weighted by Gasteiger charge is -2.19. The van der Waals surface area contributed by atoms with E-state index in [-0.39, 0.29) is 11.5 Å². The molecular formula is C15H28N2O7S2. The smallest absolute Gasteiger partial charge is 0.331 e. The van der Waals surface area contributed by atoms with E-state index in [0.717, 1.165) is 10.8 Å².